The van der Waals surface area contributed by atoms with Crippen molar-refractivity contribution in [1.29, 1.82) is 0 Å². The fourth-order valence-corrected chi connectivity index (χ4v) is 1.91. The Hall–Kier alpha value is -1.01. The predicted octanol–water partition coefficient (Wildman–Crippen LogP) is 1.19. The lowest BCUT2D eigenvalue weighted by molar-refractivity contribution is -0.130. The van der Waals surface area contributed by atoms with Gasteiger partial charge in [0, 0.05) is 17.9 Å². The van der Waals surface area contributed by atoms with Crippen molar-refractivity contribution < 1.29 is 9.90 Å². The quantitative estimate of drug-likeness (QED) is 0.688. The van der Waals surface area contributed by atoms with Gasteiger partial charge in [0.05, 0.1) is 0 Å². The van der Waals surface area contributed by atoms with Gasteiger partial charge in [0.2, 0.25) is 0 Å². The molecule has 0 atom stereocenters. The molecule has 0 bridgehead atoms. The standard InChI is InChI=1S/C11H17NO2/c1-3-12(4-2)10-7-9(8-10)5-6-11(13)14/h9-10H,3-4,7-8H2,1-2H3,(H,13,14). The molecule has 0 spiro atoms. The van der Waals surface area contributed by atoms with Gasteiger partial charge in [0.25, 0.3) is 0 Å². The number of carboxylic acid groups (broad SMARTS) is 1. The molecule has 0 aromatic rings. The summed E-state index contributed by atoms with van der Waals surface area (Å²) in [6.45, 7) is 6.44. The van der Waals surface area contributed by atoms with Gasteiger partial charge in [-0.2, -0.15) is 0 Å². The Morgan fingerprint density at radius 2 is 2.00 bits per heavy atom. The van der Waals surface area contributed by atoms with E-state index in [0.29, 0.717) is 12.0 Å². The van der Waals surface area contributed by atoms with Crippen LogP contribution in [-0.2, 0) is 4.79 Å². The van der Waals surface area contributed by atoms with E-state index in [4.69, 9.17) is 5.11 Å². The second kappa shape index (κ2) is 5.02. The van der Waals surface area contributed by atoms with E-state index >= 15 is 0 Å². The molecule has 0 aromatic heterocycles. The number of nitrogens with zero attached hydrogens (tertiary/aromatic N) is 1. The summed E-state index contributed by atoms with van der Waals surface area (Å²) in [6.07, 6.45) is 2.06. The van der Waals surface area contributed by atoms with Gasteiger partial charge >= 0.3 is 5.97 Å². The molecule has 1 fully saturated rings. The molecule has 0 aliphatic heterocycles. The summed E-state index contributed by atoms with van der Waals surface area (Å²) in [7, 11) is 0. The van der Waals surface area contributed by atoms with Crippen LogP contribution in [0.5, 0.6) is 0 Å². The summed E-state index contributed by atoms with van der Waals surface area (Å²) in [5.41, 5.74) is 0. The first-order valence-electron chi connectivity index (χ1n) is 5.15. The van der Waals surface area contributed by atoms with E-state index in [-0.39, 0.29) is 0 Å². The lowest BCUT2D eigenvalue weighted by Gasteiger charge is -2.40. The third-order valence-corrected chi connectivity index (χ3v) is 2.83. The van der Waals surface area contributed by atoms with Gasteiger partial charge in [-0.1, -0.05) is 19.8 Å². The Balaban J connectivity index is 2.30. The SMILES string of the molecule is CCN(CC)C1CC(C#CC(=O)O)C1. The Bertz CT molecular complexity index is 254. The first kappa shape index (κ1) is 11.1. The van der Waals surface area contributed by atoms with E-state index in [2.05, 4.69) is 30.6 Å². The third-order valence-electron chi connectivity index (χ3n) is 2.83. The number of hydrogen-bond donors (Lipinski definition) is 1. The van der Waals surface area contributed by atoms with E-state index in [1.165, 1.54) is 0 Å². The van der Waals surface area contributed by atoms with Crippen LogP contribution in [0.3, 0.4) is 0 Å². The minimum absolute atomic E-state index is 0.302. The van der Waals surface area contributed by atoms with Crippen molar-refractivity contribution in [2.24, 2.45) is 5.92 Å². The molecule has 14 heavy (non-hydrogen) atoms. The minimum Gasteiger partial charge on any atom is -0.472 e. The van der Waals surface area contributed by atoms with Crippen LogP contribution in [0.4, 0.5) is 0 Å². The highest BCUT2D eigenvalue weighted by Gasteiger charge is 2.31. The van der Waals surface area contributed by atoms with Gasteiger partial charge in [-0.25, -0.2) is 4.79 Å². The van der Waals surface area contributed by atoms with E-state index in [9.17, 15) is 4.79 Å². The molecule has 1 saturated carbocycles. The van der Waals surface area contributed by atoms with Gasteiger partial charge in [-0.15, -0.1) is 0 Å². The van der Waals surface area contributed by atoms with Gasteiger partial charge in [0.1, 0.15) is 0 Å². The highest BCUT2D eigenvalue weighted by atomic mass is 16.4. The molecule has 1 aliphatic rings. The molecule has 0 heterocycles. The van der Waals surface area contributed by atoms with Gasteiger partial charge in [-0.05, 0) is 25.9 Å². The van der Waals surface area contributed by atoms with Gasteiger partial charge < -0.3 is 10.0 Å². The highest BCUT2D eigenvalue weighted by molar-refractivity contribution is 5.86. The molecule has 0 radical (unpaired) electrons. The van der Waals surface area contributed by atoms with Crippen molar-refractivity contribution in [3.05, 3.63) is 0 Å². The number of hydrogen-bond acceptors (Lipinski definition) is 2. The van der Waals surface area contributed by atoms with Crippen molar-refractivity contribution in [2.45, 2.75) is 32.7 Å². The molecule has 0 unspecified atom stereocenters. The fourth-order valence-electron chi connectivity index (χ4n) is 1.91. The van der Waals surface area contributed by atoms with Crippen molar-refractivity contribution in [2.75, 3.05) is 13.1 Å². The maximum absolute atomic E-state index is 10.2. The van der Waals surface area contributed by atoms with Gasteiger partial charge in [0.15, 0.2) is 0 Å². The summed E-state index contributed by atoms with van der Waals surface area (Å²) < 4.78 is 0. The van der Waals surface area contributed by atoms with Crippen LogP contribution in [0, 0.1) is 17.8 Å². The number of aliphatic carboxylic acids is 1. The number of rotatable bonds is 3. The Morgan fingerprint density at radius 3 is 2.43 bits per heavy atom. The fraction of sp³-hybridized carbons (Fsp3) is 0.727. The van der Waals surface area contributed by atoms with Crippen molar-refractivity contribution in [1.82, 2.24) is 4.90 Å². The third kappa shape index (κ3) is 2.74. The molecule has 78 valence electrons. The molecule has 1 rings (SSSR count). The topological polar surface area (TPSA) is 40.5 Å². The highest BCUT2D eigenvalue weighted by Crippen LogP contribution is 2.30. The number of carbonyl (C=O) groups is 1. The van der Waals surface area contributed by atoms with E-state index < -0.39 is 5.97 Å². The average molecular weight is 195 g/mol. The Morgan fingerprint density at radius 1 is 1.43 bits per heavy atom. The van der Waals surface area contributed by atoms with Crippen LogP contribution in [-0.4, -0.2) is 35.1 Å². The number of carboxylic acids is 1. The van der Waals surface area contributed by atoms with Crippen LogP contribution >= 0.6 is 0 Å². The molecule has 1 N–H and O–H groups in total. The first-order chi connectivity index (χ1) is 6.67. The molecule has 0 amide bonds. The summed E-state index contributed by atoms with van der Waals surface area (Å²) in [5, 5.41) is 8.37. The maximum atomic E-state index is 10.2. The minimum atomic E-state index is -1.02. The first-order valence-corrected chi connectivity index (χ1v) is 5.15. The molecule has 3 nitrogen and oxygen atoms in total. The van der Waals surface area contributed by atoms with Crippen LogP contribution in [0.25, 0.3) is 0 Å². The molecule has 0 aromatic carbocycles. The summed E-state index contributed by atoms with van der Waals surface area (Å²) in [6, 6.07) is 0.623. The largest absolute Gasteiger partial charge is 0.472 e. The van der Waals surface area contributed by atoms with Crippen molar-refractivity contribution in [3.63, 3.8) is 0 Å². The van der Waals surface area contributed by atoms with Crippen LogP contribution < -0.4 is 0 Å². The smallest absolute Gasteiger partial charge is 0.381 e. The molecular formula is C11H17NO2. The van der Waals surface area contributed by atoms with Crippen LogP contribution in [0.2, 0.25) is 0 Å². The normalized spacial score (nSPS) is 25.1. The van der Waals surface area contributed by atoms with Gasteiger partial charge in [-0.3, -0.25) is 0 Å². The zero-order valence-electron chi connectivity index (χ0n) is 8.79. The lowest BCUT2D eigenvalue weighted by atomic mass is 9.79. The summed E-state index contributed by atoms with van der Waals surface area (Å²) >= 11 is 0. The average Bonchev–Trinajstić information content (AvgIpc) is 2.08. The Kier molecular flexibility index (Phi) is 3.97. The lowest BCUT2D eigenvalue weighted by Crippen LogP contribution is -2.44. The molecule has 1 aliphatic carbocycles. The van der Waals surface area contributed by atoms with Crippen molar-refractivity contribution >= 4 is 5.97 Å². The van der Waals surface area contributed by atoms with E-state index in [0.717, 1.165) is 25.9 Å². The van der Waals surface area contributed by atoms with Crippen LogP contribution in [0.15, 0.2) is 0 Å². The molecule has 0 saturated heterocycles. The second-order valence-electron chi connectivity index (χ2n) is 3.62. The predicted molar refractivity (Wildman–Crippen MR) is 54.8 cm³/mol. The summed E-state index contributed by atoms with van der Waals surface area (Å²) in [4.78, 5) is 12.6. The second-order valence-corrected chi connectivity index (χ2v) is 3.62. The Labute approximate surface area is 85.1 Å². The zero-order valence-corrected chi connectivity index (χ0v) is 8.79. The summed E-state index contributed by atoms with van der Waals surface area (Å²) in [5.74, 6) is 4.25. The van der Waals surface area contributed by atoms with Crippen LogP contribution in [0.1, 0.15) is 26.7 Å². The maximum Gasteiger partial charge on any atom is 0.381 e. The zero-order chi connectivity index (χ0) is 10.6. The van der Waals surface area contributed by atoms with Crippen molar-refractivity contribution in [3.8, 4) is 11.8 Å². The molecule has 3 heteroatoms. The monoisotopic (exact) mass is 195 g/mol. The molecular weight excluding hydrogens is 178 g/mol. The van der Waals surface area contributed by atoms with E-state index in [1.807, 2.05) is 0 Å². The van der Waals surface area contributed by atoms with E-state index in [1.54, 1.807) is 0 Å².